The minimum absolute atomic E-state index is 0.0417. The van der Waals surface area contributed by atoms with Gasteiger partial charge in [0.1, 0.15) is 11.6 Å². The summed E-state index contributed by atoms with van der Waals surface area (Å²) < 4.78 is 18.5. The SMILES string of the molecule is N#Cc1ccc(NC(=O)Oc2ccccc2)c(F)c1. The average molecular weight is 256 g/mol. The molecule has 0 heterocycles. The van der Waals surface area contributed by atoms with Crippen molar-refractivity contribution in [2.45, 2.75) is 0 Å². The molecule has 1 N–H and O–H groups in total. The molecule has 0 fully saturated rings. The topological polar surface area (TPSA) is 62.1 Å². The maximum absolute atomic E-state index is 13.5. The second-order valence-electron chi connectivity index (χ2n) is 3.63. The first-order valence-electron chi connectivity index (χ1n) is 5.42. The summed E-state index contributed by atoms with van der Waals surface area (Å²) >= 11 is 0. The number of rotatable bonds is 2. The number of hydrogen-bond donors (Lipinski definition) is 1. The van der Waals surface area contributed by atoms with Gasteiger partial charge < -0.3 is 4.74 Å². The summed E-state index contributed by atoms with van der Waals surface area (Å²) in [6, 6.07) is 14.0. The van der Waals surface area contributed by atoms with Crippen LogP contribution in [0.2, 0.25) is 0 Å². The maximum atomic E-state index is 13.5. The van der Waals surface area contributed by atoms with E-state index < -0.39 is 11.9 Å². The highest BCUT2D eigenvalue weighted by atomic mass is 19.1. The molecule has 1 amide bonds. The molecule has 0 aromatic heterocycles. The molecular formula is C14H9FN2O2. The van der Waals surface area contributed by atoms with Gasteiger partial charge in [0.15, 0.2) is 0 Å². The molecule has 2 aromatic carbocycles. The number of nitrogens with one attached hydrogen (secondary N) is 1. The van der Waals surface area contributed by atoms with E-state index in [1.807, 2.05) is 0 Å². The van der Waals surface area contributed by atoms with Gasteiger partial charge in [-0.15, -0.1) is 0 Å². The van der Waals surface area contributed by atoms with Crippen LogP contribution < -0.4 is 10.1 Å². The first kappa shape index (κ1) is 12.6. The van der Waals surface area contributed by atoms with Gasteiger partial charge in [-0.3, -0.25) is 5.32 Å². The van der Waals surface area contributed by atoms with Gasteiger partial charge in [-0.25, -0.2) is 9.18 Å². The van der Waals surface area contributed by atoms with E-state index in [-0.39, 0.29) is 11.3 Å². The number of amides is 1. The number of ether oxygens (including phenoxy) is 1. The zero-order valence-electron chi connectivity index (χ0n) is 9.76. The fourth-order valence-corrected chi connectivity index (χ4v) is 1.42. The number of hydrogen-bond acceptors (Lipinski definition) is 3. The third-order valence-corrected chi connectivity index (χ3v) is 2.29. The summed E-state index contributed by atoms with van der Waals surface area (Å²) in [6.45, 7) is 0. The van der Waals surface area contributed by atoms with Gasteiger partial charge in [0.2, 0.25) is 0 Å². The summed E-state index contributed by atoms with van der Waals surface area (Å²) in [5.41, 5.74) is 0.138. The van der Waals surface area contributed by atoms with Gasteiger partial charge >= 0.3 is 6.09 Å². The monoisotopic (exact) mass is 256 g/mol. The molecular weight excluding hydrogens is 247 g/mol. The number of carbonyl (C=O) groups is 1. The lowest BCUT2D eigenvalue weighted by molar-refractivity contribution is 0.215. The van der Waals surface area contributed by atoms with Crippen LogP contribution in [0.4, 0.5) is 14.9 Å². The van der Waals surface area contributed by atoms with Gasteiger partial charge in [0.05, 0.1) is 17.3 Å². The molecule has 5 heteroatoms. The predicted molar refractivity (Wildman–Crippen MR) is 67.2 cm³/mol. The highest BCUT2D eigenvalue weighted by molar-refractivity contribution is 5.86. The number of carbonyl (C=O) groups excluding carboxylic acids is 1. The van der Waals surface area contributed by atoms with Crippen LogP contribution in [0.3, 0.4) is 0 Å². The smallest absolute Gasteiger partial charge is 0.410 e. The average Bonchev–Trinajstić information content (AvgIpc) is 2.42. The van der Waals surface area contributed by atoms with E-state index in [0.29, 0.717) is 5.75 Å². The Morgan fingerprint density at radius 3 is 2.58 bits per heavy atom. The third-order valence-electron chi connectivity index (χ3n) is 2.29. The Balaban J connectivity index is 2.05. The molecule has 0 saturated heterocycles. The summed E-state index contributed by atoms with van der Waals surface area (Å²) in [6.07, 6.45) is -0.796. The number of nitriles is 1. The Morgan fingerprint density at radius 2 is 1.95 bits per heavy atom. The lowest BCUT2D eigenvalue weighted by Gasteiger charge is -2.07. The van der Waals surface area contributed by atoms with E-state index in [0.717, 1.165) is 6.07 Å². The second kappa shape index (κ2) is 5.65. The van der Waals surface area contributed by atoms with E-state index >= 15 is 0 Å². The van der Waals surface area contributed by atoms with Crippen LogP contribution in [0.15, 0.2) is 48.5 Å². The van der Waals surface area contributed by atoms with Crippen molar-refractivity contribution < 1.29 is 13.9 Å². The van der Waals surface area contributed by atoms with Crippen molar-refractivity contribution in [2.24, 2.45) is 0 Å². The molecule has 0 unspecified atom stereocenters. The minimum Gasteiger partial charge on any atom is -0.410 e. The molecule has 2 rings (SSSR count). The van der Waals surface area contributed by atoms with Gasteiger partial charge in [0, 0.05) is 0 Å². The quantitative estimate of drug-likeness (QED) is 0.896. The van der Waals surface area contributed by atoms with Crippen molar-refractivity contribution in [1.82, 2.24) is 0 Å². The van der Waals surface area contributed by atoms with Crippen LogP contribution >= 0.6 is 0 Å². The Hall–Kier alpha value is -2.87. The van der Waals surface area contributed by atoms with Crippen molar-refractivity contribution in [3.8, 4) is 11.8 Å². The first-order valence-corrected chi connectivity index (χ1v) is 5.42. The van der Waals surface area contributed by atoms with Crippen molar-refractivity contribution in [1.29, 1.82) is 5.26 Å². The molecule has 0 spiro atoms. The molecule has 0 saturated carbocycles. The molecule has 0 bridgehead atoms. The number of nitrogens with zero attached hydrogens (tertiary/aromatic N) is 1. The van der Waals surface area contributed by atoms with E-state index in [2.05, 4.69) is 5.32 Å². The van der Waals surface area contributed by atoms with Crippen LogP contribution in [-0.2, 0) is 0 Å². The van der Waals surface area contributed by atoms with Crippen LogP contribution in [-0.4, -0.2) is 6.09 Å². The molecule has 19 heavy (non-hydrogen) atoms. The molecule has 4 nitrogen and oxygen atoms in total. The highest BCUT2D eigenvalue weighted by Gasteiger charge is 2.09. The minimum atomic E-state index is -0.796. The fraction of sp³-hybridized carbons (Fsp3) is 0. The molecule has 94 valence electrons. The largest absolute Gasteiger partial charge is 0.417 e. The van der Waals surface area contributed by atoms with E-state index in [1.165, 1.54) is 12.1 Å². The number of para-hydroxylation sites is 1. The summed E-state index contributed by atoms with van der Waals surface area (Å²) in [5.74, 6) is -0.335. The Morgan fingerprint density at radius 1 is 1.21 bits per heavy atom. The summed E-state index contributed by atoms with van der Waals surface area (Å²) in [7, 11) is 0. The molecule has 0 aliphatic rings. The number of benzene rings is 2. The van der Waals surface area contributed by atoms with E-state index in [4.69, 9.17) is 10.00 Å². The standard InChI is InChI=1S/C14H9FN2O2/c15-12-8-10(9-16)6-7-13(12)17-14(18)19-11-4-2-1-3-5-11/h1-8H,(H,17,18). The first-order chi connectivity index (χ1) is 9.19. The molecule has 0 radical (unpaired) electrons. The van der Waals surface area contributed by atoms with Gasteiger partial charge in [0.25, 0.3) is 0 Å². The predicted octanol–water partition coefficient (Wildman–Crippen LogP) is 3.31. The van der Waals surface area contributed by atoms with Gasteiger partial charge in [-0.1, -0.05) is 18.2 Å². The zero-order valence-corrected chi connectivity index (χ0v) is 9.76. The highest BCUT2D eigenvalue weighted by Crippen LogP contribution is 2.16. The molecule has 2 aromatic rings. The zero-order chi connectivity index (χ0) is 13.7. The fourth-order valence-electron chi connectivity index (χ4n) is 1.42. The molecule has 0 atom stereocenters. The number of anilines is 1. The van der Waals surface area contributed by atoms with Crippen molar-refractivity contribution in [3.63, 3.8) is 0 Å². The summed E-state index contributed by atoms with van der Waals surface area (Å²) in [5, 5.41) is 10.9. The van der Waals surface area contributed by atoms with Gasteiger partial charge in [-0.05, 0) is 30.3 Å². The van der Waals surface area contributed by atoms with Crippen molar-refractivity contribution in [2.75, 3.05) is 5.32 Å². The molecule has 0 aliphatic carbocycles. The van der Waals surface area contributed by atoms with Gasteiger partial charge in [-0.2, -0.15) is 5.26 Å². The van der Waals surface area contributed by atoms with Crippen molar-refractivity contribution in [3.05, 3.63) is 59.9 Å². The lowest BCUT2D eigenvalue weighted by Crippen LogP contribution is -2.17. The Labute approximate surface area is 109 Å². The van der Waals surface area contributed by atoms with E-state index in [1.54, 1.807) is 36.4 Å². The second-order valence-corrected chi connectivity index (χ2v) is 3.63. The van der Waals surface area contributed by atoms with E-state index in [9.17, 15) is 9.18 Å². The normalized spacial score (nSPS) is 9.47. The Kier molecular flexibility index (Phi) is 3.74. The Bertz CT molecular complexity index is 636. The van der Waals surface area contributed by atoms with Crippen LogP contribution in [0.1, 0.15) is 5.56 Å². The van der Waals surface area contributed by atoms with Crippen LogP contribution in [0.5, 0.6) is 5.75 Å². The van der Waals surface area contributed by atoms with Crippen molar-refractivity contribution >= 4 is 11.8 Å². The van der Waals surface area contributed by atoms with Crippen LogP contribution in [0, 0.1) is 17.1 Å². The third kappa shape index (κ3) is 3.30. The number of halogens is 1. The summed E-state index contributed by atoms with van der Waals surface area (Å²) in [4.78, 5) is 11.5. The maximum Gasteiger partial charge on any atom is 0.417 e. The molecule has 0 aliphatic heterocycles. The lowest BCUT2D eigenvalue weighted by atomic mass is 10.2. The van der Waals surface area contributed by atoms with Crippen LogP contribution in [0.25, 0.3) is 0 Å².